The second kappa shape index (κ2) is 9.12. The van der Waals surface area contributed by atoms with Crippen molar-refractivity contribution in [2.75, 3.05) is 7.11 Å². The lowest BCUT2D eigenvalue weighted by Crippen LogP contribution is -2.37. The predicted molar refractivity (Wildman–Crippen MR) is 97.9 cm³/mol. The van der Waals surface area contributed by atoms with Crippen LogP contribution in [0.4, 0.5) is 5.69 Å². The summed E-state index contributed by atoms with van der Waals surface area (Å²) < 4.78 is 4.79. The Labute approximate surface area is 160 Å². The topological polar surface area (TPSA) is 146 Å². The molecule has 0 aliphatic heterocycles. The van der Waals surface area contributed by atoms with Crippen molar-refractivity contribution in [2.45, 2.75) is 13.5 Å². The van der Waals surface area contributed by atoms with Crippen LogP contribution in [0.1, 0.15) is 16.7 Å². The van der Waals surface area contributed by atoms with Gasteiger partial charge in [0.2, 0.25) is 0 Å². The molecule has 28 heavy (non-hydrogen) atoms. The lowest BCUT2D eigenvalue weighted by Gasteiger charge is -2.12. The van der Waals surface area contributed by atoms with Crippen molar-refractivity contribution in [1.29, 1.82) is 0 Å². The van der Waals surface area contributed by atoms with Gasteiger partial charge in [0.1, 0.15) is 5.75 Å². The Morgan fingerprint density at radius 3 is 2.50 bits per heavy atom. The molecule has 2 rings (SSSR count). The highest BCUT2D eigenvalue weighted by molar-refractivity contribution is 6.35. The first kappa shape index (κ1) is 20.4. The van der Waals surface area contributed by atoms with E-state index in [1.165, 1.54) is 13.2 Å². The normalized spacial score (nSPS) is 10.5. The van der Waals surface area contributed by atoms with E-state index in [0.717, 1.165) is 23.4 Å². The average Bonchev–Trinajstić information content (AvgIpc) is 2.67. The second-order valence-electron chi connectivity index (χ2n) is 5.70. The van der Waals surface area contributed by atoms with Gasteiger partial charge in [-0.2, -0.15) is 5.10 Å². The van der Waals surface area contributed by atoms with Gasteiger partial charge in [0, 0.05) is 23.9 Å². The Bertz CT molecular complexity index is 924. The number of rotatable bonds is 6. The number of hydrogen-bond acceptors (Lipinski definition) is 7. The van der Waals surface area contributed by atoms with Crippen LogP contribution in [0.5, 0.6) is 11.5 Å². The molecule has 146 valence electrons. The van der Waals surface area contributed by atoms with Crippen LogP contribution in [0.3, 0.4) is 0 Å². The van der Waals surface area contributed by atoms with Crippen molar-refractivity contribution in [3.05, 3.63) is 63.2 Å². The number of carbonyl (C=O) groups excluding carboxylic acids is 2. The molecule has 0 saturated carbocycles. The molecule has 2 N–H and O–H groups in total. The summed E-state index contributed by atoms with van der Waals surface area (Å²) in [6, 6.07) is 9.62. The lowest BCUT2D eigenvalue weighted by atomic mass is 10.1. The average molecular weight is 385 g/mol. The zero-order valence-corrected chi connectivity index (χ0v) is 15.1. The molecule has 0 aromatic heterocycles. The van der Waals surface area contributed by atoms with Crippen LogP contribution in [0, 0.1) is 17.0 Å². The summed E-state index contributed by atoms with van der Waals surface area (Å²) in [4.78, 5) is 33.6. The lowest BCUT2D eigenvalue weighted by molar-refractivity contribution is -0.398. The summed E-state index contributed by atoms with van der Waals surface area (Å²) in [5, 5.41) is 28.7. The molecular weight excluding hydrogens is 368 g/mol. The Morgan fingerprint density at radius 2 is 1.89 bits per heavy atom. The summed E-state index contributed by atoms with van der Waals surface area (Å²) in [7, 11) is 1.20. The number of hydrogen-bond donors (Lipinski definition) is 2. The maximum absolute atomic E-state index is 11.8. The molecule has 0 aliphatic rings. The fourth-order valence-corrected chi connectivity index (χ4v) is 2.15. The molecule has 10 nitrogen and oxygen atoms in total. The number of ether oxygens (including phenoxy) is 1. The van der Waals surface area contributed by atoms with E-state index in [9.17, 15) is 24.8 Å². The van der Waals surface area contributed by atoms with Crippen molar-refractivity contribution in [1.82, 2.24) is 10.7 Å². The highest BCUT2D eigenvalue weighted by Crippen LogP contribution is 2.33. The zero-order chi connectivity index (χ0) is 20.7. The van der Waals surface area contributed by atoms with E-state index in [-0.39, 0.29) is 17.9 Å². The van der Waals surface area contributed by atoms with Crippen LogP contribution in [0.25, 0.3) is 0 Å². The summed E-state index contributed by atoms with van der Waals surface area (Å²) in [6.07, 6.45) is 1.06. The number of hydrazone groups is 1. The Morgan fingerprint density at radius 1 is 1.21 bits per heavy atom. The minimum Gasteiger partial charge on any atom is -0.865 e. The van der Waals surface area contributed by atoms with Crippen molar-refractivity contribution in [2.24, 2.45) is 5.10 Å². The quantitative estimate of drug-likeness (QED) is 0.325. The molecule has 10 heteroatoms. The number of nitrogens with one attached hydrogen (secondary N) is 2. The fourth-order valence-electron chi connectivity index (χ4n) is 2.15. The van der Waals surface area contributed by atoms with E-state index >= 15 is 0 Å². The van der Waals surface area contributed by atoms with Crippen molar-refractivity contribution in [3.63, 3.8) is 0 Å². The largest absolute Gasteiger partial charge is 0.865 e. The van der Waals surface area contributed by atoms with E-state index in [1.54, 1.807) is 0 Å². The standard InChI is InChI=1S/C18H18N4O6/c1-11-3-5-12(6-4-11)9-19-17(24)18(25)21-20-10-13-7-14(22(26)27)16(23)15(8-13)28-2/h3-8,10,23H,9H2,1-2H3,(H,19,24)(H,21,25)/p-1/b20-10-. The molecule has 0 saturated heterocycles. The molecule has 0 aliphatic carbocycles. The van der Waals surface area contributed by atoms with Gasteiger partial charge in [-0.3, -0.25) is 19.7 Å². The highest BCUT2D eigenvalue weighted by Gasteiger charge is 2.14. The molecule has 0 atom stereocenters. The van der Waals surface area contributed by atoms with E-state index in [2.05, 4.69) is 10.4 Å². The molecule has 2 aromatic carbocycles. The molecule has 0 heterocycles. The Kier molecular flexibility index (Phi) is 6.63. The van der Waals surface area contributed by atoms with Gasteiger partial charge in [-0.05, 0) is 18.6 Å². The molecule has 0 radical (unpaired) electrons. The van der Waals surface area contributed by atoms with Crippen LogP contribution >= 0.6 is 0 Å². The fraction of sp³-hybridized carbons (Fsp3) is 0.167. The van der Waals surface area contributed by atoms with Gasteiger partial charge in [0.05, 0.1) is 18.2 Å². The zero-order valence-electron chi connectivity index (χ0n) is 15.1. The molecule has 0 spiro atoms. The summed E-state index contributed by atoms with van der Waals surface area (Å²) in [6.45, 7) is 2.10. The van der Waals surface area contributed by atoms with Gasteiger partial charge in [-0.15, -0.1) is 0 Å². The van der Waals surface area contributed by atoms with Crippen LogP contribution in [0.15, 0.2) is 41.5 Å². The van der Waals surface area contributed by atoms with Crippen molar-refractivity contribution in [3.8, 4) is 11.5 Å². The number of nitro benzene ring substituents is 1. The summed E-state index contributed by atoms with van der Waals surface area (Å²) >= 11 is 0. The van der Waals surface area contributed by atoms with Crippen LogP contribution in [-0.4, -0.2) is 30.1 Å². The second-order valence-corrected chi connectivity index (χ2v) is 5.70. The molecule has 2 aromatic rings. The number of carbonyl (C=O) groups is 2. The van der Waals surface area contributed by atoms with Gasteiger partial charge < -0.3 is 15.2 Å². The first-order chi connectivity index (χ1) is 13.3. The van der Waals surface area contributed by atoms with Crippen molar-refractivity contribution < 1.29 is 24.4 Å². The van der Waals surface area contributed by atoms with E-state index in [0.29, 0.717) is 0 Å². The smallest absolute Gasteiger partial charge is 0.329 e. The van der Waals surface area contributed by atoms with Crippen LogP contribution < -0.4 is 20.6 Å². The molecular formula is C18H17N4O6-. The van der Waals surface area contributed by atoms with Gasteiger partial charge in [-0.25, -0.2) is 5.43 Å². The van der Waals surface area contributed by atoms with E-state index < -0.39 is 28.2 Å². The third-order valence-corrected chi connectivity index (χ3v) is 3.63. The SMILES string of the molecule is COc1cc(/C=N\NC(=O)C(=O)NCc2ccc(C)cc2)cc([N+](=O)[O-])c1[O-]. The third-order valence-electron chi connectivity index (χ3n) is 3.63. The van der Waals surface area contributed by atoms with E-state index in [4.69, 9.17) is 4.74 Å². The number of benzene rings is 2. The minimum atomic E-state index is -1.01. The minimum absolute atomic E-state index is 0.142. The molecule has 0 bridgehead atoms. The molecule has 0 fully saturated rings. The van der Waals surface area contributed by atoms with Crippen LogP contribution in [0.2, 0.25) is 0 Å². The predicted octanol–water partition coefficient (Wildman–Crippen LogP) is 0.752. The first-order valence-corrected chi connectivity index (χ1v) is 8.02. The maximum atomic E-state index is 11.8. The summed E-state index contributed by atoms with van der Waals surface area (Å²) in [5.41, 5.74) is 3.36. The summed E-state index contributed by atoms with van der Waals surface area (Å²) in [5.74, 6) is -3.01. The Hall–Kier alpha value is -3.95. The van der Waals surface area contributed by atoms with Crippen molar-refractivity contribution >= 4 is 23.7 Å². The maximum Gasteiger partial charge on any atom is 0.329 e. The number of amides is 2. The van der Waals surface area contributed by atoms with Gasteiger partial charge in [-0.1, -0.05) is 29.8 Å². The van der Waals surface area contributed by atoms with Crippen LogP contribution in [-0.2, 0) is 16.1 Å². The monoisotopic (exact) mass is 385 g/mol. The number of aryl methyl sites for hydroxylation is 1. The first-order valence-electron chi connectivity index (χ1n) is 8.02. The number of methoxy groups -OCH3 is 1. The number of nitrogens with zero attached hydrogens (tertiary/aromatic N) is 2. The third kappa shape index (κ3) is 5.27. The van der Waals surface area contributed by atoms with Gasteiger partial charge in [0.15, 0.2) is 0 Å². The molecule has 2 amide bonds. The number of nitro groups is 1. The van der Waals surface area contributed by atoms with E-state index in [1.807, 2.05) is 36.6 Å². The highest BCUT2D eigenvalue weighted by atomic mass is 16.6. The van der Waals surface area contributed by atoms with Gasteiger partial charge in [0.25, 0.3) is 5.69 Å². The Balaban J connectivity index is 1.96. The van der Waals surface area contributed by atoms with Gasteiger partial charge >= 0.3 is 11.8 Å². The molecule has 0 unspecified atom stereocenters.